The number of benzene rings is 1. The Kier molecular flexibility index (Phi) is 4.52. The van der Waals surface area contributed by atoms with E-state index in [2.05, 4.69) is 26.7 Å². The van der Waals surface area contributed by atoms with Crippen LogP contribution in [0.4, 0.5) is 11.5 Å². The van der Waals surface area contributed by atoms with Crippen LogP contribution in [0.5, 0.6) is 0 Å². The summed E-state index contributed by atoms with van der Waals surface area (Å²) in [6.07, 6.45) is 2.90. The molecule has 1 N–H and O–H groups in total. The third-order valence-corrected chi connectivity index (χ3v) is 6.00. The van der Waals surface area contributed by atoms with Gasteiger partial charge in [0.25, 0.3) is 0 Å². The third kappa shape index (κ3) is 3.82. The zero-order valence-corrected chi connectivity index (χ0v) is 14.0. The lowest BCUT2D eigenvalue weighted by molar-refractivity contribution is 0.533. The molecular weight excluding hydrogens is 310 g/mol. The predicted molar refractivity (Wildman–Crippen MR) is 93.2 cm³/mol. The van der Waals surface area contributed by atoms with Gasteiger partial charge in [0.15, 0.2) is 0 Å². The molecule has 6 heteroatoms. The van der Waals surface area contributed by atoms with Crippen molar-refractivity contribution in [2.24, 2.45) is 0 Å². The van der Waals surface area contributed by atoms with Gasteiger partial charge >= 0.3 is 0 Å². The van der Waals surface area contributed by atoms with Crippen molar-refractivity contribution in [3.8, 4) is 0 Å². The van der Waals surface area contributed by atoms with Gasteiger partial charge in [0, 0.05) is 25.0 Å². The summed E-state index contributed by atoms with van der Waals surface area (Å²) in [7, 11) is -3.39. The van der Waals surface area contributed by atoms with Gasteiger partial charge in [-0.1, -0.05) is 24.3 Å². The highest BCUT2D eigenvalue weighted by atomic mass is 32.2. The number of pyridine rings is 1. The first-order chi connectivity index (χ1) is 11.0. The van der Waals surface area contributed by atoms with Crippen LogP contribution in [0.25, 0.3) is 0 Å². The zero-order valence-electron chi connectivity index (χ0n) is 13.1. The van der Waals surface area contributed by atoms with E-state index < -0.39 is 10.0 Å². The Hall–Kier alpha value is -2.08. The fraction of sp³-hybridized carbons (Fsp3) is 0.353. The molecule has 1 fully saturated rings. The van der Waals surface area contributed by atoms with Crippen molar-refractivity contribution in [2.45, 2.75) is 25.0 Å². The van der Waals surface area contributed by atoms with Crippen LogP contribution < -0.4 is 9.62 Å². The Balaban J connectivity index is 1.63. The Bertz CT molecular complexity index is 737. The topological polar surface area (TPSA) is 62.3 Å². The zero-order chi connectivity index (χ0) is 16.3. The summed E-state index contributed by atoms with van der Waals surface area (Å²) >= 11 is 0. The van der Waals surface area contributed by atoms with Crippen molar-refractivity contribution in [3.63, 3.8) is 0 Å². The minimum Gasteiger partial charge on any atom is -0.371 e. The number of sulfonamides is 1. The second kappa shape index (κ2) is 6.58. The van der Waals surface area contributed by atoms with E-state index in [1.165, 1.54) is 0 Å². The largest absolute Gasteiger partial charge is 0.371 e. The molecule has 2 heterocycles. The fourth-order valence-electron chi connectivity index (χ4n) is 2.82. The van der Waals surface area contributed by atoms with Crippen molar-refractivity contribution >= 4 is 21.5 Å². The first kappa shape index (κ1) is 15.8. The summed E-state index contributed by atoms with van der Waals surface area (Å²) in [5, 5.41) is -0.370. The summed E-state index contributed by atoms with van der Waals surface area (Å²) in [6, 6.07) is 13.7. The first-order valence-corrected chi connectivity index (χ1v) is 9.33. The second-order valence-electron chi connectivity index (χ2n) is 5.89. The fourth-order valence-corrected chi connectivity index (χ4v) is 4.23. The maximum Gasteiger partial charge on any atom is 0.236 e. The second-order valence-corrected chi connectivity index (χ2v) is 7.85. The van der Waals surface area contributed by atoms with Gasteiger partial charge in [0.1, 0.15) is 5.82 Å². The molecule has 0 atom stereocenters. The third-order valence-electron chi connectivity index (χ3n) is 4.16. The number of aryl methyl sites for hydroxylation is 1. The summed E-state index contributed by atoms with van der Waals surface area (Å²) in [6.45, 7) is 3.42. The average molecular weight is 331 g/mol. The Labute approximate surface area is 137 Å². The highest BCUT2D eigenvalue weighted by Gasteiger charge is 2.30. The SMILES string of the molecule is Cc1ccc(NS(=O)(=O)C2CCN(c3ccccc3)CC2)nc1. The van der Waals surface area contributed by atoms with Gasteiger partial charge < -0.3 is 4.90 Å². The lowest BCUT2D eigenvalue weighted by atomic mass is 10.1. The number of anilines is 2. The lowest BCUT2D eigenvalue weighted by Crippen LogP contribution is -2.41. The van der Waals surface area contributed by atoms with E-state index in [-0.39, 0.29) is 5.25 Å². The highest BCUT2D eigenvalue weighted by Crippen LogP contribution is 2.24. The Morgan fingerprint density at radius 3 is 2.39 bits per heavy atom. The summed E-state index contributed by atoms with van der Waals surface area (Å²) in [5.41, 5.74) is 2.15. The van der Waals surface area contributed by atoms with E-state index in [0.717, 1.165) is 24.3 Å². The maximum atomic E-state index is 12.5. The van der Waals surface area contributed by atoms with Crippen molar-refractivity contribution in [1.82, 2.24) is 4.98 Å². The van der Waals surface area contributed by atoms with Gasteiger partial charge in [0.05, 0.1) is 5.25 Å². The van der Waals surface area contributed by atoms with Gasteiger partial charge in [0.2, 0.25) is 10.0 Å². The van der Waals surface area contributed by atoms with Gasteiger partial charge in [-0.25, -0.2) is 13.4 Å². The Morgan fingerprint density at radius 1 is 1.09 bits per heavy atom. The number of hydrogen-bond acceptors (Lipinski definition) is 4. The first-order valence-electron chi connectivity index (χ1n) is 7.79. The van der Waals surface area contributed by atoms with Gasteiger partial charge in [-0.3, -0.25) is 4.72 Å². The molecule has 3 rings (SSSR count). The van der Waals surface area contributed by atoms with Crippen LogP contribution >= 0.6 is 0 Å². The average Bonchev–Trinajstić information content (AvgIpc) is 2.58. The number of piperidine rings is 1. The van der Waals surface area contributed by atoms with E-state index in [0.29, 0.717) is 18.7 Å². The smallest absolute Gasteiger partial charge is 0.236 e. The Morgan fingerprint density at radius 2 is 1.78 bits per heavy atom. The van der Waals surface area contributed by atoms with Crippen molar-refractivity contribution in [1.29, 1.82) is 0 Å². The molecule has 1 aromatic heterocycles. The summed E-state index contributed by atoms with van der Waals surface area (Å²) in [5.74, 6) is 0.390. The monoisotopic (exact) mass is 331 g/mol. The molecule has 5 nitrogen and oxygen atoms in total. The maximum absolute atomic E-state index is 12.5. The molecule has 0 bridgehead atoms. The predicted octanol–water partition coefficient (Wildman–Crippen LogP) is 2.80. The van der Waals surface area contributed by atoms with Crippen LogP contribution in [-0.2, 0) is 10.0 Å². The molecule has 1 saturated heterocycles. The van der Waals surface area contributed by atoms with E-state index in [9.17, 15) is 8.42 Å². The summed E-state index contributed by atoms with van der Waals surface area (Å²) < 4.78 is 27.6. The van der Waals surface area contributed by atoms with Crippen LogP contribution in [0.2, 0.25) is 0 Å². The number of nitrogens with zero attached hydrogens (tertiary/aromatic N) is 2. The number of hydrogen-bond donors (Lipinski definition) is 1. The molecule has 0 aliphatic carbocycles. The van der Waals surface area contributed by atoms with E-state index in [4.69, 9.17) is 0 Å². The van der Waals surface area contributed by atoms with Crippen LogP contribution in [0.1, 0.15) is 18.4 Å². The molecule has 0 saturated carbocycles. The van der Waals surface area contributed by atoms with E-state index in [1.807, 2.05) is 31.2 Å². The quantitative estimate of drug-likeness (QED) is 0.936. The molecule has 0 spiro atoms. The van der Waals surface area contributed by atoms with Crippen molar-refractivity contribution < 1.29 is 8.42 Å². The minimum absolute atomic E-state index is 0.370. The number of aromatic nitrogens is 1. The molecule has 0 radical (unpaired) electrons. The van der Waals surface area contributed by atoms with Gasteiger partial charge in [-0.15, -0.1) is 0 Å². The number of rotatable bonds is 4. The molecule has 0 unspecified atom stereocenters. The normalized spacial score (nSPS) is 16.3. The molecule has 1 aliphatic heterocycles. The number of para-hydroxylation sites is 1. The summed E-state index contributed by atoms with van der Waals surface area (Å²) in [4.78, 5) is 6.35. The van der Waals surface area contributed by atoms with Crippen LogP contribution in [-0.4, -0.2) is 31.7 Å². The molecule has 122 valence electrons. The van der Waals surface area contributed by atoms with Crippen LogP contribution in [0.15, 0.2) is 48.7 Å². The van der Waals surface area contributed by atoms with E-state index >= 15 is 0 Å². The van der Waals surface area contributed by atoms with Crippen molar-refractivity contribution in [2.75, 3.05) is 22.7 Å². The lowest BCUT2D eigenvalue weighted by Gasteiger charge is -2.33. The highest BCUT2D eigenvalue weighted by molar-refractivity contribution is 7.93. The molecule has 0 amide bonds. The van der Waals surface area contributed by atoms with E-state index in [1.54, 1.807) is 12.3 Å². The molecular formula is C17H21N3O2S. The minimum atomic E-state index is -3.39. The van der Waals surface area contributed by atoms with Gasteiger partial charge in [-0.2, -0.15) is 0 Å². The van der Waals surface area contributed by atoms with Crippen LogP contribution in [0, 0.1) is 6.92 Å². The molecule has 2 aromatic rings. The van der Waals surface area contributed by atoms with Gasteiger partial charge in [-0.05, 0) is 43.5 Å². The molecule has 23 heavy (non-hydrogen) atoms. The molecule has 1 aliphatic rings. The number of nitrogens with one attached hydrogen (secondary N) is 1. The van der Waals surface area contributed by atoms with Crippen LogP contribution in [0.3, 0.4) is 0 Å². The molecule has 1 aromatic carbocycles. The standard InChI is InChI=1S/C17H21N3O2S/c1-14-7-8-17(18-13-14)19-23(21,22)16-9-11-20(12-10-16)15-5-3-2-4-6-15/h2-8,13,16H,9-12H2,1H3,(H,18,19). The van der Waals surface area contributed by atoms with Crippen molar-refractivity contribution in [3.05, 3.63) is 54.2 Å².